The molecule has 1 aliphatic rings. The van der Waals surface area contributed by atoms with E-state index in [1.807, 2.05) is 30.0 Å². The van der Waals surface area contributed by atoms with Gasteiger partial charge >= 0.3 is 6.09 Å². The first-order chi connectivity index (χ1) is 14.0. The molecule has 29 heavy (non-hydrogen) atoms. The number of carbonyl (C=O) groups excluding carboxylic acids is 2. The van der Waals surface area contributed by atoms with Crippen LogP contribution in [0.25, 0.3) is 0 Å². The first-order valence-corrected chi connectivity index (χ1v) is 9.93. The zero-order valence-corrected chi connectivity index (χ0v) is 17.1. The zero-order valence-electron chi connectivity index (χ0n) is 17.1. The van der Waals surface area contributed by atoms with Gasteiger partial charge < -0.3 is 19.9 Å². The zero-order chi connectivity index (χ0) is 20.8. The maximum absolute atomic E-state index is 12.8. The number of hydrogen-bond acceptors (Lipinski definition) is 6. The third-order valence-electron chi connectivity index (χ3n) is 4.94. The highest BCUT2D eigenvalue weighted by Crippen LogP contribution is 2.22. The molecule has 0 aliphatic carbocycles. The van der Waals surface area contributed by atoms with Crippen LogP contribution in [0.4, 0.5) is 16.4 Å². The van der Waals surface area contributed by atoms with E-state index < -0.39 is 0 Å². The van der Waals surface area contributed by atoms with E-state index in [0.29, 0.717) is 44.4 Å². The van der Waals surface area contributed by atoms with Gasteiger partial charge in [0.15, 0.2) is 0 Å². The fraction of sp³-hybridized carbons (Fsp3) is 0.429. The number of hydrogen-bond donors (Lipinski definition) is 1. The average Bonchev–Trinajstić information content (AvgIpc) is 2.75. The maximum atomic E-state index is 12.8. The van der Waals surface area contributed by atoms with Crippen LogP contribution in [0.15, 0.2) is 30.5 Å². The Morgan fingerprint density at radius 2 is 1.90 bits per heavy atom. The van der Waals surface area contributed by atoms with Crippen LogP contribution >= 0.6 is 0 Å². The van der Waals surface area contributed by atoms with E-state index >= 15 is 0 Å². The van der Waals surface area contributed by atoms with Crippen molar-refractivity contribution >= 4 is 23.6 Å². The van der Waals surface area contributed by atoms with E-state index in [4.69, 9.17) is 4.74 Å². The van der Waals surface area contributed by atoms with Gasteiger partial charge in [0.2, 0.25) is 5.95 Å². The molecule has 1 aromatic carbocycles. The predicted molar refractivity (Wildman–Crippen MR) is 111 cm³/mol. The summed E-state index contributed by atoms with van der Waals surface area (Å²) in [7, 11) is 0. The number of ether oxygens (including phenoxy) is 1. The highest BCUT2D eigenvalue weighted by Gasteiger charge is 2.24. The number of nitrogens with one attached hydrogen (secondary N) is 1. The largest absolute Gasteiger partial charge is 0.450 e. The van der Waals surface area contributed by atoms with Crippen molar-refractivity contribution in [3.63, 3.8) is 0 Å². The summed E-state index contributed by atoms with van der Waals surface area (Å²) in [6, 6.07) is 7.58. The molecule has 3 rings (SSSR count). The Hall–Kier alpha value is -3.16. The SMILES string of the molecule is CCOC(=O)N1CCN(c2nccc(C(=O)Nc3c(C)cccc3CC)n2)CC1. The fourth-order valence-corrected chi connectivity index (χ4v) is 3.31. The normalized spacial score (nSPS) is 13.9. The van der Waals surface area contributed by atoms with Gasteiger partial charge in [-0.1, -0.05) is 25.1 Å². The Labute approximate surface area is 170 Å². The number of para-hydroxylation sites is 1. The van der Waals surface area contributed by atoms with Crippen molar-refractivity contribution in [3.8, 4) is 0 Å². The van der Waals surface area contributed by atoms with Crippen LogP contribution in [-0.2, 0) is 11.2 Å². The number of benzene rings is 1. The van der Waals surface area contributed by atoms with Crippen LogP contribution in [-0.4, -0.2) is 59.7 Å². The third-order valence-corrected chi connectivity index (χ3v) is 4.94. The number of piperazine rings is 1. The molecule has 0 unspecified atom stereocenters. The van der Waals surface area contributed by atoms with Gasteiger partial charge in [0.05, 0.1) is 6.61 Å². The molecule has 1 saturated heterocycles. The molecule has 0 spiro atoms. The van der Waals surface area contributed by atoms with Crippen molar-refractivity contribution in [2.24, 2.45) is 0 Å². The summed E-state index contributed by atoms with van der Waals surface area (Å²) < 4.78 is 5.04. The molecule has 1 aromatic heterocycles. The molecular formula is C21H27N5O3. The van der Waals surface area contributed by atoms with Crippen LogP contribution in [0.2, 0.25) is 0 Å². The molecule has 0 radical (unpaired) electrons. The van der Waals surface area contributed by atoms with Crippen molar-refractivity contribution in [3.05, 3.63) is 47.3 Å². The molecule has 0 bridgehead atoms. The average molecular weight is 397 g/mol. The molecule has 0 saturated carbocycles. The molecule has 2 aromatic rings. The van der Waals surface area contributed by atoms with Crippen LogP contribution in [0, 0.1) is 6.92 Å². The number of nitrogens with zero attached hydrogens (tertiary/aromatic N) is 4. The summed E-state index contributed by atoms with van der Waals surface area (Å²) in [6.45, 7) is 8.41. The van der Waals surface area contributed by atoms with Crippen molar-refractivity contribution in [2.45, 2.75) is 27.2 Å². The van der Waals surface area contributed by atoms with Gasteiger partial charge in [-0.15, -0.1) is 0 Å². The van der Waals surface area contributed by atoms with Gasteiger partial charge in [-0.2, -0.15) is 0 Å². The molecule has 154 valence electrons. The van der Waals surface area contributed by atoms with Crippen LogP contribution in [0.1, 0.15) is 35.5 Å². The maximum Gasteiger partial charge on any atom is 0.409 e. The monoisotopic (exact) mass is 397 g/mol. The number of amides is 2. The number of aryl methyl sites for hydroxylation is 2. The van der Waals surface area contributed by atoms with Crippen molar-refractivity contribution in [1.29, 1.82) is 0 Å². The lowest BCUT2D eigenvalue weighted by molar-refractivity contribution is 0.102. The molecule has 2 heterocycles. The summed E-state index contributed by atoms with van der Waals surface area (Å²) in [5, 5.41) is 3.00. The number of anilines is 2. The van der Waals surface area contributed by atoms with Gasteiger partial charge in [0.25, 0.3) is 5.91 Å². The van der Waals surface area contributed by atoms with E-state index in [1.54, 1.807) is 24.1 Å². The predicted octanol–water partition coefficient (Wildman–Crippen LogP) is 2.88. The number of aromatic nitrogens is 2. The standard InChI is InChI=1S/C21H27N5O3/c1-4-16-8-6-7-15(3)18(16)24-19(27)17-9-10-22-20(23-17)25-11-13-26(14-12-25)21(28)29-5-2/h6-10H,4-5,11-14H2,1-3H3,(H,24,27). The van der Waals surface area contributed by atoms with Gasteiger partial charge in [-0.05, 0) is 37.5 Å². The minimum absolute atomic E-state index is 0.261. The molecule has 2 amide bonds. The summed E-state index contributed by atoms with van der Waals surface area (Å²) in [4.78, 5) is 37.0. The van der Waals surface area contributed by atoms with Gasteiger partial charge in [-0.25, -0.2) is 14.8 Å². The smallest absolute Gasteiger partial charge is 0.409 e. The molecule has 0 atom stereocenters. The van der Waals surface area contributed by atoms with Gasteiger partial charge in [0.1, 0.15) is 5.69 Å². The van der Waals surface area contributed by atoms with Crippen LogP contribution in [0.5, 0.6) is 0 Å². The minimum atomic E-state index is -0.300. The Morgan fingerprint density at radius 1 is 1.14 bits per heavy atom. The second-order valence-electron chi connectivity index (χ2n) is 6.83. The lowest BCUT2D eigenvalue weighted by Crippen LogP contribution is -2.49. The second kappa shape index (κ2) is 9.36. The molecule has 1 fully saturated rings. The Balaban J connectivity index is 1.69. The lowest BCUT2D eigenvalue weighted by Gasteiger charge is -2.34. The topological polar surface area (TPSA) is 87.7 Å². The third kappa shape index (κ3) is 4.82. The van der Waals surface area contributed by atoms with E-state index in [2.05, 4.69) is 22.2 Å². The first kappa shape index (κ1) is 20.6. The summed E-state index contributed by atoms with van der Waals surface area (Å²) in [5.74, 6) is 0.226. The molecule has 1 aliphatic heterocycles. The van der Waals surface area contributed by atoms with Crippen molar-refractivity contribution < 1.29 is 14.3 Å². The molecular weight excluding hydrogens is 370 g/mol. The minimum Gasteiger partial charge on any atom is -0.450 e. The van der Waals surface area contributed by atoms with E-state index in [-0.39, 0.29) is 12.0 Å². The van der Waals surface area contributed by atoms with Crippen LogP contribution in [0.3, 0.4) is 0 Å². The van der Waals surface area contributed by atoms with Crippen molar-refractivity contribution in [2.75, 3.05) is 43.0 Å². The Kier molecular flexibility index (Phi) is 6.64. The van der Waals surface area contributed by atoms with Gasteiger partial charge in [0, 0.05) is 38.1 Å². The highest BCUT2D eigenvalue weighted by atomic mass is 16.6. The van der Waals surface area contributed by atoms with Crippen LogP contribution < -0.4 is 10.2 Å². The van der Waals surface area contributed by atoms with Gasteiger partial charge in [-0.3, -0.25) is 4.79 Å². The summed E-state index contributed by atoms with van der Waals surface area (Å²) >= 11 is 0. The first-order valence-electron chi connectivity index (χ1n) is 9.93. The number of carbonyl (C=O) groups is 2. The second-order valence-corrected chi connectivity index (χ2v) is 6.83. The molecule has 8 heteroatoms. The van der Waals surface area contributed by atoms with E-state index in [9.17, 15) is 9.59 Å². The van der Waals surface area contributed by atoms with E-state index in [1.165, 1.54) is 0 Å². The molecule has 8 nitrogen and oxygen atoms in total. The summed E-state index contributed by atoms with van der Waals surface area (Å²) in [5.41, 5.74) is 3.25. The summed E-state index contributed by atoms with van der Waals surface area (Å²) in [6.07, 6.45) is 2.12. The lowest BCUT2D eigenvalue weighted by atomic mass is 10.1. The Bertz CT molecular complexity index is 878. The molecule has 1 N–H and O–H groups in total. The highest BCUT2D eigenvalue weighted by molar-refractivity contribution is 6.03. The Morgan fingerprint density at radius 3 is 2.59 bits per heavy atom. The van der Waals surface area contributed by atoms with Crippen molar-refractivity contribution in [1.82, 2.24) is 14.9 Å². The fourth-order valence-electron chi connectivity index (χ4n) is 3.31. The quantitative estimate of drug-likeness (QED) is 0.835. The van der Waals surface area contributed by atoms with E-state index in [0.717, 1.165) is 23.2 Å². The number of rotatable bonds is 5.